The van der Waals surface area contributed by atoms with Gasteiger partial charge in [-0.2, -0.15) is 0 Å². The second kappa shape index (κ2) is 8.26. The van der Waals surface area contributed by atoms with Crippen molar-refractivity contribution in [3.63, 3.8) is 0 Å². The van der Waals surface area contributed by atoms with Crippen LogP contribution in [0.15, 0.2) is 42.5 Å². The molecule has 1 aliphatic rings. The van der Waals surface area contributed by atoms with E-state index in [4.69, 9.17) is 0 Å². The molecule has 0 atom stereocenters. The number of carbonyl (C=O) groups is 1. The van der Waals surface area contributed by atoms with Gasteiger partial charge in [-0.1, -0.05) is 30.3 Å². The van der Waals surface area contributed by atoms with Gasteiger partial charge >= 0.3 is 0 Å². The van der Waals surface area contributed by atoms with E-state index in [9.17, 15) is 4.79 Å². The highest BCUT2D eigenvalue weighted by Crippen LogP contribution is 2.24. The van der Waals surface area contributed by atoms with Gasteiger partial charge in [-0.3, -0.25) is 4.79 Å². The van der Waals surface area contributed by atoms with E-state index in [1.54, 1.807) is 0 Å². The van der Waals surface area contributed by atoms with Crippen LogP contribution in [0.1, 0.15) is 23.1 Å². The third-order valence-electron chi connectivity index (χ3n) is 5.35. The van der Waals surface area contributed by atoms with Gasteiger partial charge in [0.25, 0.3) is 0 Å². The van der Waals surface area contributed by atoms with Crippen molar-refractivity contribution >= 4 is 17.3 Å². The maximum Gasteiger partial charge on any atom is 0.224 e. The van der Waals surface area contributed by atoms with Gasteiger partial charge in [0.1, 0.15) is 0 Å². The number of anilines is 2. The van der Waals surface area contributed by atoms with E-state index >= 15 is 0 Å². The van der Waals surface area contributed by atoms with Crippen LogP contribution in [0.4, 0.5) is 11.4 Å². The summed E-state index contributed by atoms with van der Waals surface area (Å²) in [6.45, 7) is 10.5. The summed E-state index contributed by atoms with van der Waals surface area (Å²) in [5, 5.41) is 3.37. The maximum atomic E-state index is 12.5. The summed E-state index contributed by atoms with van der Waals surface area (Å²) >= 11 is 0. The number of para-hydroxylation sites is 1. The number of nitrogens with zero attached hydrogens (tertiary/aromatic N) is 2. The molecule has 0 unspecified atom stereocenters. The van der Waals surface area contributed by atoms with Crippen LogP contribution in [-0.4, -0.2) is 43.5 Å². The second-order valence-electron chi connectivity index (χ2n) is 7.08. The molecule has 0 spiro atoms. The van der Waals surface area contributed by atoms with Crippen molar-refractivity contribution in [2.45, 2.75) is 27.2 Å². The van der Waals surface area contributed by atoms with Crippen LogP contribution in [0.5, 0.6) is 0 Å². The Hall–Kier alpha value is -2.49. The molecule has 4 heteroatoms. The Morgan fingerprint density at radius 2 is 1.62 bits per heavy atom. The molecule has 0 aromatic heterocycles. The Morgan fingerprint density at radius 1 is 0.923 bits per heavy atom. The quantitative estimate of drug-likeness (QED) is 0.891. The van der Waals surface area contributed by atoms with E-state index in [-0.39, 0.29) is 5.91 Å². The molecule has 138 valence electrons. The summed E-state index contributed by atoms with van der Waals surface area (Å²) in [7, 11) is 0. The zero-order chi connectivity index (χ0) is 18.5. The number of aryl methyl sites for hydroxylation is 2. The number of piperazine rings is 1. The van der Waals surface area contributed by atoms with Crippen molar-refractivity contribution in [3.05, 3.63) is 59.2 Å². The standard InChI is InChI=1S/C22H29N3O/c1-17-8-6-10-21(19(17)3)24-13-15-25(16-14-24)22(26)11-12-23-20-9-5-4-7-18(20)2/h4-10,23H,11-16H2,1-3H3. The van der Waals surface area contributed by atoms with E-state index in [1.165, 1.54) is 22.4 Å². The van der Waals surface area contributed by atoms with E-state index in [1.807, 2.05) is 17.0 Å². The maximum absolute atomic E-state index is 12.5. The predicted molar refractivity (Wildman–Crippen MR) is 109 cm³/mol. The molecule has 1 fully saturated rings. The molecule has 0 aliphatic carbocycles. The lowest BCUT2D eigenvalue weighted by Gasteiger charge is -2.37. The lowest BCUT2D eigenvalue weighted by atomic mass is 10.1. The van der Waals surface area contributed by atoms with Gasteiger partial charge in [-0.15, -0.1) is 0 Å². The SMILES string of the molecule is Cc1ccccc1NCCC(=O)N1CCN(c2cccc(C)c2C)CC1. The number of amides is 1. The van der Waals surface area contributed by atoms with Crippen molar-refractivity contribution in [2.24, 2.45) is 0 Å². The van der Waals surface area contributed by atoms with Crippen LogP contribution >= 0.6 is 0 Å². The van der Waals surface area contributed by atoms with Crippen LogP contribution in [0.25, 0.3) is 0 Å². The van der Waals surface area contributed by atoms with Gasteiger partial charge < -0.3 is 15.1 Å². The topological polar surface area (TPSA) is 35.6 Å². The molecule has 4 nitrogen and oxygen atoms in total. The normalized spacial score (nSPS) is 14.4. The van der Waals surface area contributed by atoms with Gasteiger partial charge in [0.2, 0.25) is 5.91 Å². The van der Waals surface area contributed by atoms with Crippen LogP contribution in [0, 0.1) is 20.8 Å². The van der Waals surface area contributed by atoms with Crippen molar-refractivity contribution < 1.29 is 4.79 Å². The van der Waals surface area contributed by atoms with Crippen LogP contribution in [0.3, 0.4) is 0 Å². The number of hydrogen-bond acceptors (Lipinski definition) is 3. The van der Waals surface area contributed by atoms with Gasteiger partial charge in [-0.05, 0) is 49.6 Å². The number of rotatable bonds is 5. The first kappa shape index (κ1) is 18.3. The third kappa shape index (κ3) is 4.18. The lowest BCUT2D eigenvalue weighted by molar-refractivity contribution is -0.131. The summed E-state index contributed by atoms with van der Waals surface area (Å²) in [5.41, 5.74) is 6.29. The van der Waals surface area contributed by atoms with Crippen molar-refractivity contribution in [2.75, 3.05) is 42.9 Å². The molecule has 1 aliphatic heterocycles. The van der Waals surface area contributed by atoms with E-state index in [2.05, 4.69) is 61.3 Å². The van der Waals surface area contributed by atoms with Crippen molar-refractivity contribution in [3.8, 4) is 0 Å². The highest BCUT2D eigenvalue weighted by atomic mass is 16.2. The van der Waals surface area contributed by atoms with Gasteiger partial charge in [0.15, 0.2) is 0 Å². The highest BCUT2D eigenvalue weighted by Gasteiger charge is 2.21. The molecular formula is C22H29N3O. The molecular weight excluding hydrogens is 322 g/mol. The van der Waals surface area contributed by atoms with Crippen molar-refractivity contribution in [1.82, 2.24) is 4.90 Å². The zero-order valence-electron chi connectivity index (χ0n) is 16.1. The molecule has 0 saturated carbocycles. The molecule has 3 rings (SSSR count). The van der Waals surface area contributed by atoms with E-state index in [0.29, 0.717) is 13.0 Å². The largest absolute Gasteiger partial charge is 0.384 e. The van der Waals surface area contributed by atoms with Crippen LogP contribution in [-0.2, 0) is 4.79 Å². The Morgan fingerprint density at radius 3 is 2.35 bits per heavy atom. The minimum atomic E-state index is 0.242. The van der Waals surface area contributed by atoms with Crippen LogP contribution in [0.2, 0.25) is 0 Å². The molecule has 1 amide bonds. The predicted octanol–water partition coefficient (Wildman–Crippen LogP) is 3.76. The fraction of sp³-hybridized carbons (Fsp3) is 0.409. The number of carbonyl (C=O) groups excluding carboxylic acids is 1. The number of hydrogen-bond donors (Lipinski definition) is 1. The summed E-state index contributed by atoms with van der Waals surface area (Å²) in [4.78, 5) is 16.9. The van der Waals surface area contributed by atoms with Crippen LogP contribution < -0.4 is 10.2 Å². The zero-order valence-corrected chi connectivity index (χ0v) is 16.1. The third-order valence-corrected chi connectivity index (χ3v) is 5.35. The highest BCUT2D eigenvalue weighted by molar-refractivity contribution is 5.77. The molecule has 1 N–H and O–H groups in total. The lowest BCUT2D eigenvalue weighted by Crippen LogP contribution is -2.49. The minimum Gasteiger partial charge on any atom is -0.384 e. The first-order chi connectivity index (χ1) is 12.6. The first-order valence-electron chi connectivity index (χ1n) is 9.44. The Balaban J connectivity index is 1.48. The average Bonchev–Trinajstić information content (AvgIpc) is 2.65. The smallest absolute Gasteiger partial charge is 0.224 e. The fourth-order valence-corrected chi connectivity index (χ4v) is 3.51. The van der Waals surface area contributed by atoms with Gasteiger partial charge in [-0.25, -0.2) is 0 Å². The first-order valence-corrected chi connectivity index (χ1v) is 9.44. The van der Waals surface area contributed by atoms with E-state index in [0.717, 1.165) is 31.9 Å². The molecule has 0 radical (unpaired) electrons. The van der Waals surface area contributed by atoms with E-state index < -0.39 is 0 Å². The Kier molecular flexibility index (Phi) is 5.82. The summed E-state index contributed by atoms with van der Waals surface area (Å²) in [6.07, 6.45) is 0.539. The molecule has 1 saturated heterocycles. The molecule has 0 bridgehead atoms. The Labute approximate surface area is 156 Å². The fourth-order valence-electron chi connectivity index (χ4n) is 3.51. The number of benzene rings is 2. The summed E-state index contributed by atoms with van der Waals surface area (Å²) in [6, 6.07) is 14.6. The monoisotopic (exact) mass is 351 g/mol. The van der Waals surface area contributed by atoms with Gasteiger partial charge in [0.05, 0.1) is 0 Å². The molecule has 1 heterocycles. The van der Waals surface area contributed by atoms with Crippen molar-refractivity contribution in [1.29, 1.82) is 0 Å². The second-order valence-corrected chi connectivity index (χ2v) is 7.08. The van der Waals surface area contributed by atoms with Gasteiger partial charge in [0, 0.05) is 50.5 Å². The molecule has 2 aromatic rings. The summed E-state index contributed by atoms with van der Waals surface area (Å²) in [5.74, 6) is 0.242. The summed E-state index contributed by atoms with van der Waals surface area (Å²) < 4.78 is 0. The number of nitrogens with one attached hydrogen (secondary N) is 1. The molecule has 26 heavy (non-hydrogen) atoms. The average molecular weight is 351 g/mol. The minimum absolute atomic E-state index is 0.242. The molecule has 2 aromatic carbocycles. The Bertz CT molecular complexity index is 764.